The van der Waals surface area contributed by atoms with E-state index in [4.69, 9.17) is 9.47 Å². The Balaban J connectivity index is 2.27. The van der Waals surface area contributed by atoms with Crippen LogP contribution < -0.4 is 9.47 Å². The van der Waals surface area contributed by atoms with Gasteiger partial charge < -0.3 is 9.47 Å². The fourth-order valence-electron chi connectivity index (χ4n) is 1.68. The van der Waals surface area contributed by atoms with Gasteiger partial charge in [-0.25, -0.2) is 0 Å². The average molecular weight is 190 g/mol. The van der Waals surface area contributed by atoms with E-state index in [9.17, 15) is 0 Å². The Kier molecular flexibility index (Phi) is 2.44. The van der Waals surface area contributed by atoms with Crippen molar-refractivity contribution in [3.8, 4) is 11.5 Å². The normalized spacial score (nSPS) is 19.4. The quantitative estimate of drug-likeness (QED) is 0.667. The molecule has 0 radical (unpaired) electrons. The Labute approximate surface area is 84.2 Å². The first-order valence-corrected chi connectivity index (χ1v) is 4.79. The predicted molar refractivity (Wildman–Crippen MR) is 55.9 cm³/mol. The van der Waals surface area contributed by atoms with Crippen LogP contribution in [-0.2, 0) is 6.42 Å². The Morgan fingerprint density at radius 2 is 2.43 bits per heavy atom. The Morgan fingerprint density at radius 3 is 3.14 bits per heavy atom. The molecular weight excluding hydrogens is 176 g/mol. The molecule has 1 heterocycles. The summed E-state index contributed by atoms with van der Waals surface area (Å²) in [5.41, 5.74) is 1.22. The Bertz CT molecular complexity index is 344. The molecule has 14 heavy (non-hydrogen) atoms. The van der Waals surface area contributed by atoms with Gasteiger partial charge in [0.25, 0.3) is 0 Å². The van der Waals surface area contributed by atoms with Crippen molar-refractivity contribution in [2.75, 3.05) is 7.11 Å². The van der Waals surface area contributed by atoms with Gasteiger partial charge in [-0.3, -0.25) is 0 Å². The van der Waals surface area contributed by atoms with Gasteiger partial charge in [-0.05, 0) is 36.6 Å². The summed E-state index contributed by atoms with van der Waals surface area (Å²) in [7, 11) is 1.68. The number of ether oxygens (including phenoxy) is 2. The van der Waals surface area contributed by atoms with Gasteiger partial charge >= 0.3 is 0 Å². The summed E-state index contributed by atoms with van der Waals surface area (Å²) in [5, 5.41) is 0. The molecule has 0 saturated heterocycles. The molecule has 0 unspecified atom stereocenters. The van der Waals surface area contributed by atoms with Crippen molar-refractivity contribution in [2.45, 2.75) is 18.9 Å². The molecule has 2 rings (SSSR count). The molecule has 1 aromatic carbocycles. The lowest BCUT2D eigenvalue weighted by Crippen LogP contribution is -2.19. The van der Waals surface area contributed by atoms with Crippen LogP contribution in [0.15, 0.2) is 30.9 Å². The number of fused-ring (bicyclic) bond motifs is 1. The van der Waals surface area contributed by atoms with Gasteiger partial charge in [-0.1, -0.05) is 12.7 Å². The molecular formula is C12H14O2. The molecule has 0 amide bonds. The lowest BCUT2D eigenvalue weighted by molar-refractivity contribution is 0.218. The van der Waals surface area contributed by atoms with Gasteiger partial charge in [0.05, 0.1) is 7.11 Å². The van der Waals surface area contributed by atoms with E-state index in [0.717, 1.165) is 24.3 Å². The van der Waals surface area contributed by atoms with Crippen molar-refractivity contribution in [1.29, 1.82) is 0 Å². The number of rotatable bonds is 2. The fourth-order valence-corrected chi connectivity index (χ4v) is 1.68. The summed E-state index contributed by atoms with van der Waals surface area (Å²) in [5.74, 6) is 1.85. The zero-order valence-electron chi connectivity index (χ0n) is 8.32. The van der Waals surface area contributed by atoms with E-state index in [0.29, 0.717) is 0 Å². The summed E-state index contributed by atoms with van der Waals surface area (Å²) in [6.45, 7) is 3.74. The zero-order valence-corrected chi connectivity index (χ0v) is 8.32. The highest BCUT2D eigenvalue weighted by atomic mass is 16.5. The summed E-state index contributed by atoms with van der Waals surface area (Å²) >= 11 is 0. The molecule has 0 fully saturated rings. The number of aryl methyl sites for hydroxylation is 1. The Hall–Kier alpha value is -1.44. The lowest BCUT2D eigenvalue weighted by atomic mass is 10.0. The highest BCUT2D eigenvalue weighted by molar-refractivity contribution is 5.41. The first-order chi connectivity index (χ1) is 6.83. The highest BCUT2D eigenvalue weighted by Crippen LogP contribution is 2.30. The molecule has 0 saturated carbocycles. The van der Waals surface area contributed by atoms with Gasteiger partial charge in [0.2, 0.25) is 0 Å². The van der Waals surface area contributed by atoms with Crippen LogP contribution in [0.5, 0.6) is 11.5 Å². The van der Waals surface area contributed by atoms with Gasteiger partial charge in [0.15, 0.2) is 0 Å². The minimum absolute atomic E-state index is 0.163. The molecule has 1 aliphatic heterocycles. The maximum absolute atomic E-state index is 5.71. The summed E-state index contributed by atoms with van der Waals surface area (Å²) in [6, 6.07) is 5.92. The molecule has 74 valence electrons. The average Bonchev–Trinajstić information content (AvgIpc) is 2.27. The molecule has 1 aliphatic rings. The van der Waals surface area contributed by atoms with E-state index in [2.05, 4.69) is 6.58 Å². The largest absolute Gasteiger partial charge is 0.497 e. The smallest absolute Gasteiger partial charge is 0.123 e. The second-order valence-corrected chi connectivity index (χ2v) is 3.40. The van der Waals surface area contributed by atoms with Crippen LogP contribution >= 0.6 is 0 Å². The summed E-state index contributed by atoms with van der Waals surface area (Å²) in [6.07, 6.45) is 4.05. The number of methoxy groups -OCH3 is 1. The minimum Gasteiger partial charge on any atom is -0.497 e. The summed E-state index contributed by atoms with van der Waals surface area (Å²) < 4.78 is 10.9. The van der Waals surface area contributed by atoms with E-state index >= 15 is 0 Å². The van der Waals surface area contributed by atoms with Crippen LogP contribution in [0.25, 0.3) is 0 Å². The van der Waals surface area contributed by atoms with Gasteiger partial charge in [0, 0.05) is 0 Å². The number of benzene rings is 1. The minimum atomic E-state index is 0.163. The molecule has 2 heteroatoms. The van der Waals surface area contributed by atoms with Crippen molar-refractivity contribution in [3.63, 3.8) is 0 Å². The van der Waals surface area contributed by atoms with Crippen molar-refractivity contribution < 1.29 is 9.47 Å². The van der Waals surface area contributed by atoms with Gasteiger partial charge in [0.1, 0.15) is 17.6 Å². The van der Waals surface area contributed by atoms with E-state index in [-0.39, 0.29) is 6.10 Å². The fraction of sp³-hybridized carbons (Fsp3) is 0.333. The van der Waals surface area contributed by atoms with Gasteiger partial charge in [-0.2, -0.15) is 0 Å². The van der Waals surface area contributed by atoms with Crippen LogP contribution in [0.4, 0.5) is 0 Å². The van der Waals surface area contributed by atoms with Crippen LogP contribution in [0, 0.1) is 0 Å². The molecule has 0 aromatic heterocycles. The monoisotopic (exact) mass is 190 g/mol. The second kappa shape index (κ2) is 3.74. The predicted octanol–water partition coefficient (Wildman–Crippen LogP) is 2.57. The number of hydrogen-bond acceptors (Lipinski definition) is 2. The molecule has 0 spiro atoms. The first-order valence-electron chi connectivity index (χ1n) is 4.79. The highest BCUT2D eigenvalue weighted by Gasteiger charge is 2.17. The van der Waals surface area contributed by atoms with E-state index in [1.165, 1.54) is 5.56 Å². The third-order valence-corrected chi connectivity index (χ3v) is 2.51. The van der Waals surface area contributed by atoms with E-state index < -0.39 is 0 Å². The Morgan fingerprint density at radius 1 is 1.57 bits per heavy atom. The van der Waals surface area contributed by atoms with Crippen LogP contribution in [0.2, 0.25) is 0 Å². The van der Waals surface area contributed by atoms with Crippen LogP contribution in [-0.4, -0.2) is 13.2 Å². The lowest BCUT2D eigenvalue weighted by Gasteiger charge is -2.23. The third-order valence-electron chi connectivity index (χ3n) is 2.51. The van der Waals surface area contributed by atoms with Crippen molar-refractivity contribution in [3.05, 3.63) is 36.4 Å². The number of hydrogen-bond donors (Lipinski definition) is 0. The maximum atomic E-state index is 5.71. The summed E-state index contributed by atoms with van der Waals surface area (Å²) in [4.78, 5) is 0. The third kappa shape index (κ3) is 1.60. The van der Waals surface area contributed by atoms with Crippen LogP contribution in [0.1, 0.15) is 12.0 Å². The van der Waals surface area contributed by atoms with Crippen molar-refractivity contribution in [2.24, 2.45) is 0 Å². The first kappa shape index (κ1) is 9.13. The van der Waals surface area contributed by atoms with E-state index in [1.807, 2.05) is 24.3 Å². The molecule has 1 aromatic rings. The SMILES string of the molecule is C=C[C@@H]1CCc2cc(OC)ccc2O1. The molecule has 0 bridgehead atoms. The maximum Gasteiger partial charge on any atom is 0.123 e. The van der Waals surface area contributed by atoms with Crippen LogP contribution in [0.3, 0.4) is 0 Å². The van der Waals surface area contributed by atoms with Gasteiger partial charge in [-0.15, -0.1) is 0 Å². The van der Waals surface area contributed by atoms with Crippen molar-refractivity contribution in [1.82, 2.24) is 0 Å². The second-order valence-electron chi connectivity index (χ2n) is 3.40. The van der Waals surface area contributed by atoms with E-state index in [1.54, 1.807) is 7.11 Å². The van der Waals surface area contributed by atoms with Crippen molar-refractivity contribution >= 4 is 0 Å². The molecule has 0 aliphatic carbocycles. The zero-order chi connectivity index (χ0) is 9.97. The standard InChI is InChI=1S/C12H14O2/c1-3-10-5-4-9-8-11(13-2)6-7-12(9)14-10/h3,6-8,10H,1,4-5H2,2H3/t10-/m1/s1. The molecule has 2 nitrogen and oxygen atoms in total. The topological polar surface area (TPSA) is 18.5 Å². The molecule has 0 N–H and O–H groups in total. The molecule has 1 atom stereocenters.